The predicted octanol–water partition coefficient (Wildman–Crippen LogP) is 4.27. The van der Waals surface area contributed by atoms with E-state index in [1.807, 2.05) is 36.4 Å². The SMILES string of the molecule is COc1ccc(-c2cccc(Oc3nc(C)c(Br)cc3S(N)(=O)=O)c2)cc1. The van der Waals surface area contributed by atoms with Gasteiger partial charge in [0.15, 0.2) is 0 Å². The van der Waals surface area contributed by atoms with Crippen LogP contribution in [0.15, 0.2) is 64.0 Å². The summed E-state index contributed by atoms with van der Waals surface area (Å²) in [5, 5.41) is 5.30. The van der Waals surface area contributed by atoms with Gasteiger partial charge in [-0.1, -0.05) is 24.3 Å². The van der Waals surface area contributed by atoms with Gasteiger partial charge in [-0.25, -0.2) is 18.5 Å². The Labute approximate surface area is 166 Å². The van der Waals surface area contributed by atoms with Crippen LogP contribution in [-0.4, -0.2) is 20.5 Å². The van der Waals surface area contributed by atoms with Crippen molar-refractivity contribution in [2.75, 3.05) is 7.11 Å². The minimum atomic E-state index is -3.99. The molecule has 0 aliphatic carbocycles. The van der Waals surface area contributed by atoms with Gasteiger partial charge in [-0.2, -0.15) is 0 Å². The maximum atomic E-state index is 11.9. The van der Waals surface area contributed by atoms with Crippen LogP contribution in [0.2, 0.25) is 0 Å². The van der Waals surface area contributed by atoms with Gasteiger partial charge in [-0.3, -0.25) is 0 Å². The van der Waals surface area contributed by atoms with Gasteiger partial charge < -0.3 is 9.47 Å². The summed E-state index contributed by atoms with van der Waals surface area (Å²) in [6.45, 7) is 1.73. The molecule has 0 fully saturated rings. The van der Waals surface area contributed by atoms with E-state index in [1.54, 1.807) is 26.2 Å². The van der Waals surface area contributed by atoms with Crippen LogP contribution in [0.25, 0.3) is 11.1 Å². The number of ether oxygens (including phenoxy) is 2. The quantitative estimate of drug-likeness (QED) is 0.628. The summed E-state index contributed by atoms with van der Waals surface area (Å²) in [6, 6.07) is 16.2. The molecule has 0 aliphatic rings. The molecule has 0 amide bonds. The summed E-state index contributed by atoms with van der Waals surface area (Å²) < 4.78 is 35.2. The molecular formula is C19H17BrN2O4S. The van der Waals surface area contributed by atoms with Crippen LogP contribution in [-0.2, 0) is 10.0 Å². The molecule has 1 heterocycles. The first-order valence-electron chi connectivity index (χ1n) is 7.90. The van der Waals surface area contributed by atoms with Crippen LogP contribution in [0.3, 0.4) is 0 Å². The monoisotopic (exact) mass is 448 g/mol. The normalized spacial score (nSPS) is 11.3. The average molecular weight is 449 g/mol. The number of nitrogens with two attached hydrogens (primary N) is 1. The van der Waals surface area contributed by atoms with Gasteiger partial charge in [0.1, 0.15) is 16.4 Å². The van der Waals surface area contributed by atoms with Crippen LogP contribution in [0.1, 0.15) is 5.69 Å². The predicted molar refractivity (Wildman–Crippen MR) is 107 cm³/mol. The van der Waals surface area contributed by atoms with E-state index >= 15 is 0 Å². The standard InChI is InChI=1S/C19H17BrN2O4S/c1-12-17(20)11-18(27(21,23)24)19(22-12)26-16-5-3-4-14(10-16)13-6-8-15(25-2)9-7-13/h3-11H,1-2H3,(H2,21,23,24). The van der Waals surface area contributed by atoms with Gasteiger partial charge in [-0.15, -0.1) is 0 Å². The molecule has 1 aromatic heterocycles. The number of hydrogen-bond donors (Lipinski definition) is 1. The summed E-state index contributed by atoms with van der Waals surface area (Å²) in [4.78, 5) is 4.03. The van der Waals surface area contributed by atoms with E-state index in [-0.39, 0.29) is 10.8 Å². The Hall–Kier alpha value is -2.42. The Balaban J connectivity index is 1.98. The van der Waals surface area contributed by atoms with Crippen molar-refractivity contribution in [1.82, 2.24) is 4.98 Å². The molecule has 8 heteroatoms. The number of methoxy groups -OCH3 is 1. The van der Waals surface area contributed by atoms with E-state index in [0.29, 0.717) is 15.9 Å². The Bertz CT molecular complexity index is 1080. The lowest BCUT2D eigenvalue weighted by Crippen LogP contribution is -2.14. The lowest BCUT2D eigenvalue weighted by molar-refractivity contribution is 0.415. The number of benzene rings is 2. The number of hydrogen-bond acceptors (Lipinski definition) is 5. The van der Waals surface area contributed by atoms with E-state index in [0.717, 1.165) is 16.9 Å². The van der Waals surface area contributed by atoms with Crippen molar-refractivity contribution in [3.63, 3.8) is 0 Å². The molecule has 0 aliphatic heterocycles. The van der Waals surface area contributed by atoms with Crippen LogP contribution < -0.4 is 14.6 Å². The molecule has 3 rings (SSSR count). The Morgan fingerprint density at radius 1 is 1.00 bits per heavy atom. The summed E-state index contributed by atoms with van der Waals surface area (Å²) >= 11 is 3.26. The number of nitrogens with zero attached hydrogens (tertiary/aromatic N) is 1. The van der Waals surface area contributed by atoms with Crippen molar-refractivity contribution >= 4 is 26.0 Å². The summed E-state index contributed by atoms with van der Waals surface area (Å²) in [5.74, 6) is 1.14. The molecule has 2 aromatic carbocycles. The number of pyridine rings is 1. The molecule has 0 radical (unpaired) electrons. The molecule has 0 atom stereocenters. The summed E-state index contributed by atoms with van der Waals surface area (Å²) in [5.41, 5.74) is 2.46. The van der Waals surface area contributed by atoms with E-state index in [2.05, 4.69) is 20.9 Å². The number of rotatable bonds is 5. The number of primary sulfonamides is 1. The minimum absolute atomic E-state index is 0.0647. The third kappa shape index (κ3) is 4.47. The van der Waals surface area contributed by atoms with Crippen molar-refractivity contribution in [3.8, 4) is 28.5 Å². The van der Waals surface area contributed by atoms with Crippen molar-refractivity contribution in [3.05, 3.63) is 64.8 Å². The van der Waals surface area contributed by atoms with Gasteiger partial charge in [0.2, 0.25) is 15.9 Å². The number of halogens is 1. The second kappa shape index (κ2) is 7.67. The zero-order valence-corrected chi connectivity index (χ0v) is 17.0. The highest BCUT2D eigenvalue weighted by molar-refractivity contribution is 9.10. The fourth-order valence-electron chi connectivity index (χ4n) is 2.45. The molecule has 3 aromatic rings. The van der Waals surface area contributed by atoms with Crippen LogP contribution in [0, 0.1) is 6.92 Å². The molecule has 0 unspecified atom stereocenters. The fourth-order valence-corrected chi connectivity index (χ4v) is 3.54. The first-order chi connectivity index (χ1) is 12.8. The van der Waals surface area contributed by atoms with Gasteiger partial charge >= 0.3 is 0 Å². The Morgan fingerprint density at radius 3 is 2.33 bits per heavy atom. The van der Waals surface area contributed by atoms with E-state index < -0.39 is 10.0 Å². The molecule has 0 spiro atoms. The topological polar surface area (TPSA) is 91.5 Å². The first-order valence-corrected chi connectivity index (χ1v) is 10.2. The highest BCUT2D eigenvalue weighted by atomic mass is 79.9. The van der Waals surface area contributed by atoms with Gasteiger partial charge in [0, 0.05) is 4.47 Å². The third-order valence-electron chi connectivity index (χ3n) is 3.86. The van der Waals surface area contributed by atoms with E-state index in [1.165, 1.54) is 6.07 Å². The van der Waals surface area contributed by atoms with E-state index in [9.17, 15) is 8.42 Å². The van der Waals surface area contributed by atoms with Crippen LogP contribution in [0.5, 0.6) is 17.4 Å². The zero-order valence-electron chi connectivity index (χ0n) is 14.6. The van der Waals surface area contributed by atoms with Gasteiger partial charge in [0.05, 0.1) is 12.8 Å². The molecule has 2 N–H and O–H groups in total. The Kier molecular flexibility index (Phi) is 5.50. The van der Waals surface area contributed by atoms with Crippen LogP contribution in [0.4, 0.5) is 0 Å². The van der Waals surface area contributed by atoms with Crippen molar-refractivity contribution in [2.24, 2.45) is 5.14 Å². The highest BCUT2D eigenvalue weighted by Crippen LogP contribution is 2.32. The third-order valence-corrected chi connectivity index (χ3v) is 5.57. The summed E-state index contributed by atoms with van der Waals surface area (Å²) in [7, 11) is -2.38. The van der Waals surface area contributed by atoms with Crippen molar-refractivity contribution in [1.29, 1.82) is 0 Å². The second-order valence-corrected chi connectivity index (χ2v) is 8.15. The Morgan fingerprint density at radius 2 is 1.70 bits per heavy atom. The average Bonchev–Trinajstić information content (AvgIpc) is 2.64. The van der Waals surface area contributed by atoms with Gasteiger partial charge in [0.25, 0.3) is 0 Å². The molecule has 0 saturated carbocycles. The first kappa shape index (κ1) is 19.3. The van der Waals surface area contributed by atoms with Crippen LogP contribution >= 0.6 is 15.9 Å². The minimum Gasteiger partial charge on any atom is -0.497 e. The smallest absolute Gasteiger partial charge is 0.243 e. The number of sulfonamides is 1. The molecular weight excluding hydrogens is 432 g/mol. The zero-order chi connectivity index (χ0) is 19.6. The molecule has 140 valence electrons. The highest BCUT2D eigenvalue weighted by Gasteiger charge is 2.20. The number of aromatic nitrogens is 1. The molecule has 0 saturated heterocycles. The lowest BCUT2D eigenvalue weighted by Gasteiger charge is -2.12. The largest absolute Gasteiger partial charge is 0.497 e. The molecule has 0 bridgehead atoms. The van der Waals surface area contributed by atoms with Gasteiger partial charge in [-0.05, 0) is 64.3 Å². The second-order valence-electron chi connectivity index (χ2n) is 5.76. The van der Waals surface area contributed by atoms with Crippen molar-refractivity contribution in [2.45, 2.75) is 11.8 Å². The summed E-state index contributed by atoms with van der Waals surface area (Å²) in [6.07, 6.45) is 0. The fraction of sp³-hybridized carbons (Fsp3) is 0.105. The maximum Gasteiger partial charge on any atom is 0.243 e. The lowest BCUT2D eigenvalue weighted by atomic mass is 10.1. The molecule has 27 heavy (non-hydrogen) atoms. The molecule has 6 nitrogen and oxygen atoms in total. The van der Waals surface area contributed by atoms with E-state index in [4.69, 9.17) is 14.6 Å². The van der Waals surface area contributed by atoms with Crippen molar-refractivity contribution < 1.29 is 17.9 Å². The number of aryl methyl sites for hydroxylation is 1. The maximum absolute atomic E-state index is 11.9.